The van der Waals surface area contributed by atoms with Crippen LogP contribution in [0.3, 0.4) is 0 Å². The number of hydrogen-bond acceptors (Lipinski definition) is 4. The molecule has 2 unspecified atom stereocenters. The van der Waals surface area contributed by atoms with Crippen LogP contribution >= 0.6 is 24.0 Å². The second-order valence-corrected chi connectivity index (χ2v) is 8.67. The van der Waals surface area contributed by atoms with Gasteiger partial charge in [-0.25, -0.2) is 4.99 Å². The zero-order chi connectivity index (χ0) is 22.1. The molecule has 2 heterocycles. The summed E-state index contributed by atoms with van der Waals surface area (Å²) in [6.45, 7) is 11.3. The summed E-state index contributed by atoms with van der Waals surface area (Å²) >= 11 is 0. The van der Waals surface area contributed by atoms with Gasteiger partial charge in [-0.15, -0.1) is 24.0 Å². The highest BCUT2D eigenvalue weighted by Gasteiger charge is 2.21. The van der Waals surface area contributed by atoms with Crippen molar-refractivity contribution in [1.82, 2.24) is 15.5 Å². The Morgan fingerprint density at radius 2 is 2.16 bits per heavy atom. The van der Waals surface area contributed by atoms with Crippen molar-refractivity contribution in [1.29, 1.82) is 0 Å². The fraction of sp³-hybridized carbons (Fsp3) is 0.667. The van der Waals surface area contributed by atoms with Crippen LogP contribution in [0.4, 0.5) is 0 Å². The van der Waals surface area contributed by atoms with Crippen molar-refractivity contribution in [3.8, 4) is 5.75 Å². The Kier molecular flexibility index (Phi) is 11.6. The third-order valence-electron chi connectivity index (χ3n) is 5.80. The molecule has 0 radical (unpaired) electrons. The number of hydrogen-bond donors (Lipinski definition) is 2. The Hall–Kier alpha value is -1.55. The van der Waals surface area contributed by atoms with Crippen LogP contribution < -0.4 is 15.4 Å². The van der Waals surface area contributed by atoms with Gasteiger partial charge in [0.15, 0.2) is 5.96 Å². The average molecular weight is 559 g/mol. The number of aryl methyl sites for hydroxylation is 1. The predicted octanol–water partition coefficient (Wildman–Crippen LogP) is 3.48. The van der Waals surface area contributed by atoms with E-state index in [1.165, 1.54) is 6.42 Å². The number of piperidine rings is 1. The molecule has 8 heteroatoms. The molecule has 7 nitrogen and oxygen atoms in total. The minimum Gasteiger partial charge on any atom is -0.488 e. The van der Waals surface area contributed by atoms with E-state index < -0.39 is 0 Å². The molecule has 0 spiro atoms. The van der Waals surface area contributed by atoms with E-state index in [4.69, 9.17) is 14.5 Å². The quantitative estimate of drug-likeness (QED) is 0.291. The molecule has 2 N–H and O–H groups in total. The number of nitrogens with zero attached hydrogens (tertiary/aromatic N) is 2. The van der Waals surface area contributed by atoms with E-state index in [1.54, 1.807) is 0 Å². The fourth-order valence-corrected chi connectivity index (χ4v) is 4.06. The topological polar surface area (TPSA) is 75.2 Å². The molecule has 0 saturated carbocycles. The molecule has 1 aromatic rings. The number of halogens is 1. The van der Waals surface area contributed by atoms with Crippen molar-refractivity contribution < 1.29 is 14.3 Å². The first-order valence-corrected chi connectivity index (χ1v) is 11.7. The van der Waals surface area contributed by atoms with Gasteiger partial charge in [0, 0.05) is 44.6 Å². The Morgan fingerprint density at radius 1 is 1.31 bits per heavy atom. The van der Waals surface area contributed by atoms with Crippen molar-refractivity contribution in [3.63, 3.8) is 0 Å². The van der Waals surface area contributed by atoms with Crippen LogP contribution in [0.5, 0.6) is 5.75 Å². The SMILES string of the molecule is CCNC(=NCc1ccc(C)cc1OC1CCOC1)NCCC(=O)N1CCCC(C)C1.I. The number of ether oxygens (including phenoxy) is 2. The van der Waals surface area contributed by atoms with Crippen molar-refractivity contribution in [2.45, 2.75) is 59.1 Å². The van der Waals surface area contributed by atoms with Gasteiger partial charge < -0.3 is 25.0 Å². The van der Waals surface area contributed by atoms with E-state index in [1.807, 2.05) is 11.8 Å². The van der Waals surface area contributed by atoms with Gasteiger partial charge in [-0.1, -0.05) is 19.1 Å². The summed E-state index contributed by atoms with van der Waals surface area (Å²) < 4.78 is 11.6. The molecule has 3 rings (SSSR count). The van der Waals surface area contributed by atoms with Crippen molar-refractivity contribution in [2.24, 2.45) is 10.9 Å². The average Bonchev–Trinajstić information content (AvgIpc) is 3.26. The number of amides is 1. The maximum Gasteiger partial charge on any atom is 0.224 e. The molecule has 0 aliphatic carbocycles. The van der Waals surface area contributed by atoms with Crippen LogP contribution in [0.15, 0.2) is 23.2 Å². The van der Waals surface area contributed by atoms with E-state index in [0.717, 1.165) is 61.9 Å². The van der Waals surface area contributed by atoms with E-state index in [9.17, 15) is 4.79 Å². The van der Waals surface area contributed by atoms with Crippen LogP contribution in [-0.4, -0.2) is 62.3 Å². The molecule has 2 atom stereocenters. The van der Waals surface area contributed by atoms with E-state index in [0.29, 0.717) is 32.0 Å². The van der Waals surface area contributed by atoms with Gasteiger partial charge in [0.25, 0.3) is 0 Å². The highest BCUT2D eigenvalue weighted by atomic mass is 127. The highest BCUT2D eigenvalue weighted by molar-refractivity contribution is 14.0. The van der Waals surface area contributed by atoms with Crippen molar-refractivity contribution >= 4 is 35.8 Å². The van der Waals surface area contributed by atoms with Gasteiger partial charge in [-0.3, -0.25) is 4.79 Å². The highest BCUT2D eigenvalue weighted by Crippen LogP contribution is 2.24. The third kappa shape index (κ3) is 8.42. The van der Waals surface area contributed by atoms with Crippen LogP contribution in [0, 0.1) is 12.8 Å². The molecule has 180 valence electrons. The first kappa shape index (κ1) is 26.7. The summed E-state index contributed by atoms with van der Waals surface area (Å²) in [4.78, 5) is 19.2. The van der Waals surface area contributed by atoms with Crippen LogP contribution in [0.1, 0.15) is 50.7 Å². The summed E-state index contributed by atoms with van der Waals surface area (Å²) in [5, 5.41) is 6.58. The summed E-state index contributed by atoms with van der Waals surface area (Å²) in [5.74, 6) is 2.43. The second-order valence-electron chi connectivity index (χ2n) is 8.67. The lowest BCUT2D eigenvalue weighted by Crippen LogP contribution is -2.42. The number of nitrogens with one attached hydrogen (secondary N) is 2. The van der Waals surface area contributed by atoms with Gasteiger partial charge in [-0.2, -0.15) is 0 Å². The Labute approximate surface area is 209 Å². The summed E-state index contributed by atoms with van der Waals surface area (Å²) in [5.41, 5.74) is 2.21. The Morgan fingerprint density at radius 3 is 2.88 bits per heavy atom. The molecule has 2 saturated heterocycles. The van der Waals surface area contributed by atoms with Gasteiger partial charge in [0.05, 0.1) is 19.8 Å². The first-order valence-electron chi connectivity index (χ1n) is 11.7. The molecule has 0 bridgehead atoms. The van der Waals surface area contributed by atoms with Crippen LogP contribution in [-0.2, 0) is 16.1 Å². The summed E-state index contributed by atoms with van der Waals surface area (Å²) in [6, 6.07) is 6.23. The largest absolute Gasteiger partial charge is 0.488 e. The zero-order valence-corrected chi connectivity index (χ0v) is 22.0. The number of guanidine groups is 1. The number of benzene rings is 1. The van der Waals surface area contributed by atoms with Gasteiger partial charge in [-0.05, 0) is 44.2 Å². The molecule has 2 aliphatic heterocycles. The first-order chi connectivity index (χ1) is 15.0. The summed E-state index contributed by atoms with van der Waals surface area (Å²) in [7, 11) is 0. The third-order valence-corrected chi connectivity index (χ3v) is 5.80. The lowest BCUT2D eigenvalue weighted by molar-refractivity contribution is -0.132. The molecular formula is C24H39IN4O3. The lowest BCUT2D eigenvalue weighted by atomic mass is 10.00. The standard InChI is InChI=1S/C24H38N4O3.HI/c1-4-25-24(26-11-9-23(29)28-12-5-6-19(3)16-28)27-15-20-8-7-18(2)14-22(20)31-21-10-13-30-17-21;/h7-8,14,19,21H,4-6,9-13,15-17H2,1-3H3,(H2,25,26,27);1H. The number of carbonyl (C=O) groups is 1. The molecule has 2 fully saturated rings. The van der Waals surface area contributed by atoms with Gasteiger partial charge >= 0.3 is 0 Å². The van der Waals surface area contributed by atoms with Gasteiger partial charge in [0.2, 0.25) is 5.91 Å². The van der Waals surface area contributed by atoms with Gasteiger partial charge in [0.1, 0.15) is 11.9 Å². The minimum atomic E-state index is 0. The fourth-order valence-electron chi connectivity index (χ4n) is 4.06. The monoisotopic (exact) mass is 558 g/mol. The molecule has 1 aromatic carbocycles. The second kappa shape index (κ2) is 13.9. The van der Waals surface area contributed by atoms with Crippen LogP contribution in [0.25, 0.3) is 0 Å². The number of rotatable bonds is 8. The molecular weight excluding hydrogens is 519 g/mol. The zero-order valence-electron chi connectivity index (χ0n) is 19.7. The molecule has 0 aromatic heterocycles. The normalized spacial score (nSPS) is 21.1. The lowest BCUT2D eigenvalue weighted by Gasteiger charge is -2.31. The molecule has 32 heavy (non-hydrogen) atoms. The van der Waals surface area contributed by atoms with E-state index in [-0.39, 0.29) is 36.0 Å². The molecule has 1 amide bonds. The predicted molar refractivity (Wildman–Crippen MR) is 139 cm³/mol. The Bertz CT molecular complexity index is 753. The maximum atomic E-state index is 12.5. The minimum absolute atomic E-state index is 0. The summed E-state index contributed by atoms with van der Waals surface area (Å²) in [6.07, 6.45) is 3.85. The van der Waals surface area contributed by atoms with Crippen LogP contribution in [0.2, 0.25) is 0 Å². The molecule has 2 aliphatic rings. The number of likely N-dealkylation sites (tertiary alicyclic amines) is 1. The number of carbonyl (C=O) groups excluding carboxylic acids is 1. The van der Waals surface area contributed by atoms with E-state index in [2.05, 4.69) is 42.7 Å². The maximum absolute atomic E-state index is 12.5. The Balaban J connectivity index is 0.00000363. The number of aliphatic imine (C=N–C) groups is 1. The van der Waals surface area contributed by atoms with E-state index >= 15 is 0 Å². The van der Waals surface area contributed by atoms with Crippen molar-refractivity contribution in [3.05, 3.63) is 29.3 Å². The smallest absolute Gasteiger partial charge is 0.224 e. The van der Waals surface area contributed by atoms with Crippen molar-refractivity contribution in [2.75, 3.05) is 39.4 Å².